The van der Waals surface area contributed by atoms with Crippen LogP contribution in [-0.2, 0) is 9.84 Å². The number of alkyl halides is 3. The first-order valence-corrected chi connectivity index (χ1v) is 12.3. The monoisotopic (exact) mass is 555 g/mol. The molecule has 12 heteroatoms. The Kier molecular flexibility index (Phi) is 6.41. The second kappa shape index (κ2) is 9.12. The molecule has 1 aromatic heterocycles. The molecule has 0 bridgehead atoms. The molecule has 0 radical (unpaired) electrons. The summed E-state index contributed by atoms with van der Waals surface area (Å²) in [5, 5.41) is 12.0. The molecule has 170 valence electrons. The molecule has 0 atom stereocenters. The molecule has 3 aromatic carbocycles. The number of aromatic nitrogens is 2. The summed E-state index contributed by atoms with van der Waals surface area (Å²) in [5.41, 5.74) is 1.17. The number of nitrogens with one attached hydrogen (secondary N) is 1. The predicted molar refractivity (Wildman–Crippen MR) is 121 cm³/mol. The van der Waals surface area contributed by atoms with E-state index in [1.54, 1.807) is 24.3 Å². The van der Waals surface area contributed by atoms with Crippen LogP contribution in [0.4, 0.5) is 24.0 Å². The molecule has 1 heterocycles. The van der Waals surface area contributed by atoms with Crippen molar-refractivity contribution in [2.75, 3.05) is 5.32 Å². The second-order valence-electron chi connectivity index (χ2n) is 6.59. The second-order valence-corrected chi connectivity index (χ2v) is 10.4. The number of hydrogen-bond donors (Lipinski definition) is 1. The lowest BCUT2D eigenvalue weighted by atomic mass is 10.2. The van der Waals surface area contributed by atoms with Crippen LogP contribution in [0.5, 0.6) is 5.75 Å². The lowest BCUT2D eigenvalue weighted by molar-refractivity contribution is -0.274. The van der Waals surface area contributed by atoms with Gasteiger partial charge >= 0.3 is 6.36 Å². The molecule has 0 aliphatic rings. The molecular weight excluding hydrogens is 543 g/mol. The van der Waals surface area contributed by atoms with Crippen molar-refractivity contribution in [2.45, 2.75) is 16.2 Å². The minimum Gasteiger partial charge on any atom is -0.406 e. The molecule has 4 aromatic rings. The maximum atomic E-state index is 12.8. The van der Waals surface area contributed by atoms with Crippen molar-refractivity contribution in [1.82, 2.24) is 10.2 Å². The third kappa shape index (κ3) is 5.70. The number of hydrogen-bond acceptors (Lipinski definition) is 7. The van der Waals surface area contributed by atoms with Crippen molar-refractivity contribution in [2.24, 2.45) is 0 Å². The minimum atomic E-state index is -4.75. The quantitative estimate of drug-likeness (QED) is 0.294. The molecule has 1 N–H and O–H groups in total. The lowest BCUT2D eigenvalue weighted by Crippen LogP contribution is -2.16. The predicted octanol–water partition coefficient (Wildman–Crippen LogP) is 6.44. The van der Waals surface area contributed by atoms with Gasteiger partial charge in [-0.25, -0.2) is 8.42 Å². The Morgan fingerprint density at radius 1 is 0.848 bits per heavy atom. The van der Waals surface area contributed by atoms with Crippen molar-refractivity contribution < 1.29 is 26.3 Å². The molecule has 6 nitrogen and oxygen atoms in total. The zero-order chi connectivity index (χ0) is 23.6. The van der Waals surface area contributed by atoms with Crippen molar-refractivity contribution in [1.29, 1.82) is 0 Å². The largest absolute Gasteiger partial charge is 0.573 e. The summed E-state index contributed by atoms with van der Waals surface area (Å²) in [6, 6.07) is 17.9. The van der Waals surface area contributed by atoms with E-state index in [-0.39, 0.29) is 15.5 Å². The highest BCUT2D eigenvalue weighted by Crippen LogP contribution is 2.31. The third-order valence-corrected chi connectivity index (χ3v) is 7.50. The molecule has 0 aliphatic carbocycles. The molecule has 4 rings (SSSR count). The average molecular weight is 556 g/mol. The van der Waals surface area contributed by atoms with Crippen LogP contribution in [0.15, 0.2) is 87.1 Å². The van der Waals surface area contributed by atoms with Gasteiger partial charge in [0.25, 0.3) is 0 Å². The van der Waals surface area contributed by atoms with Crippen LogP contribution in [0.1, 0.15) is 0 Å². The molecule has 0 unspecified atom stereocenters. The third-order valence-electron chi connectivity index (χ3n) is 4.30. The summed E-state index contributed by atoms with van der Waals surface area (Å²) in [7, 11) is -3.65. The summed E-state index contributed by atoms with van der Waals surface area (Å²) in [6.07, 6.45) is -4.75. The van der Waals surface area contributed by atoms with Crippen molar-refractivity contribution >= 4 is 47.9 Å². The summed E-state index contributed by atoms with van der Waals surface area (Å²) < 4.78 is 66.9. The molecule has 0 saturated heterocycles. The Morgan fingerprint density at radius 2 is 1.42 bits per heavy atom. The van der Waals surface area contributed by atoms with Crippen LogP contribution in [0.25, 0.3) is 10.6 Å². The Hall–Kier alpha value is -2.96. The van der Waals surface area contributed by atoms with Crippen LogP contribution in [0.2, 0.25) is 0 Å². The van der Waals surface area contributed by atoms with Gasteiger partial charge in [-0.3, -0.25) is 0 Å². The van der Waals surface area contributed by atoms with Crippen LogP contribution in [0.3, 0.4) is 0 Å². The fourth-order valence-electron chi connectivity index (χ4n) is 2.78. The molecule has 0 spiro atoms. The first-order chi connectivity index (χ1) is 15.6. The normalized spacial score (nSPS) is 11.9. The lowest BCUT2D eigenvalue weighted by Gasteiger charge is -2.09. The van der Waals surface area contributed by atoms with Gasteiger partial charge in [0.2, 0.25) is 15.0 Å². The Bertz CT molecular complexity index is 1360. The average Bonchev–Trinajstić information content (AvgIpc) is 3.23. The highest BCUT2D eigenvalue weighted by Gasteiger charge is 2.31. The maximum Gasteiger partial charge on any atom is 0.573 e. The number of rotatable bonds is 6. The van der Waals surface area contributed by atoms with Crippen molar-refractivity contribution in [3.05, 3.63) is 77.3 Å². The molecule has 0 saturated carbocycles. The van der Waals surface area contributed by atoms with E-state index in [9.17, 15) is 21.6 Å². The molecule has 33 heavy (non-hydrogen) atoms. The molecule has 0 amide bonds. The Balaban J connectivity index is 1.47. The maximum absolute atomic E-state index is 12.8. The van der Waals surface area contributed by atoms with Gasteiger partial charge in [-0.15, -0.1) is 23.4 Å². The first-order valence-electron chi connectivity index (χ1n) is 9.18. The highest BCUT2D eigenvalue weighted by atomic mass is 79.9. The Labute approximate surface area is 199 Å². The van der Waals surface area contributed by atoms with E-state index in [1.807, 2.05) is 0 Å². The van der Waals surface area contributed by atoms with E-state index in [0.717, 1.165) is 4.47 Å². The topological polar surface area (TPSA) is 81.2 Å². The smallest absolute Gasteiger partial charge is 0.406 e. The van der Waals surface area contributed by atoms with E-state index in [0.29, 0.717) is 21.4 Å². The number of anilines is 2. The van der Waals surface area contributed by atoms with Crippen LogP contribution in [0, 0.1) is 0 Å². The van der Waals surface area contributed by atoms with Gasteiger partial charge in [-0.1, -0.05) is 39.4 Å². The van der Waals surface area contributed by atoms with Crippen LogP contribution < -0.4 is 10.1 Å². The van der Waals surface area contributed by atoms with E-state index < -0.39 is 16.2 Å². The summed E-state index contributed by atoms with van der Waals surface area (Å²) in [6.45, 7) is 0. The first kappa shape index (κ1) is 23.2. The molecule has 0 fully saturated rings. The van der Waals surface area contributed by atoms with Gasteiger partial charge < -0.3 is 10.1 Å². The highest BCUT2D eigenvalue weighted by molar-refractivity contribution is 9.10. The fourth-order valence-corrected chi connectivity index (χ4v) is 5.07. The number of sulfone groups is 1. The number of ether oxygens (including phenoxy) is 1. The fraction of sp³-hybridized carbons (Fsp3) is 0.0476. The standard InChI is InChI=1S/C21H13BrF3N3O3S2/c22-14-3-11-18(12-4-14)33(29,30)17-9-1-13(2-10-17)19-27-28-20(32-19)26-15-5-7-16(8-6-15)31-21(23,24)25/h1-12H,(H,26,28). The minimum absolute atomic E-state index is 0.151. The van der Waals surface area contributed by atoms with E-state index >= 15 is 0 Å². The van der Waals surface area contributed by atoms with Crippen molar-refractivity contribution in [3.8, 4) is 16.3 Å². The van der Waals surface area contributed by atoms with E-state index in [4.69, 9.17) is 0 Å². The van der Waals surface area contributed by atoms with Crippen molar-refractivity contribution in [3.63, 3.8) is 0 Å². The molecule has 0 aliphatic heterocycles. The summed E-state index contributed by atoms with van der Waals surface area (Å²) in [5.74, 6) is -0.329. The van der Waals surface area contributed by atoms with E-state index in [2.05, 4.69) is 36.2 Å². The Morgan fingerprint density at radius 3 is 2.00 bits per heavy atom. The molecular formula is C21H13BrF3N3O3S2. The zero-order valence-electron chi connectivity index (χ0n) is 16.4. The zero-order valence-corrected chi connectivity index (χ0v) is 19.6. The van der Waals surface area contributed by atoms with Gasteiger partial charge in [0, 0.05) is 15.7 Å². The summed E-state index contributed by atoms with van der Waals surface area (Å²) >= 11 is 4.49. The summed E-state index contributed by atoms with van der Waals surface area (Å²) in [4.78, 5) is 0.338. The number of halogens is 4. The van der Waals surface area contributed by atoms with E-state index in [1.165, 1.54) is 59.9 Å². The van der Waals surface area contributed by atoms with Gasteiger partial charge in [0.1, 0.15) is 10.8 Å². The van der Waals surface area contributed by atoms with Crippen LogP contribution in [-0.4, -0.2) is 25.0 Å². The van der Waals surface area contributed by atoms with Gasteiger partial charge in [-0.05, 0) is 60.7 Å². The number of benzene rings is 3. The van der Waals surface area contributed by atoms with Gasteiger partial charge in [0.15, 0.2) is 0 Å². The van der Waals surface area contributed by atoms with Crippen LogP contribution >= 0.6 is 27.3 Å². The SMILES string of the molecule is O=S(=O)(c1ccc(Br)cc1)c1ccc(-c2nnc(Nc3ccc(OC(F)(F)F)cc3)s2)cc1. The number of nitrogens with zero attached hydrogens (tertiary/aromatic N) is 2. The van der Waals surface area contributed by atoms with Gasteiger partial charge in [-0.2, -0.15) is 0 Å². The van der Waals surface area contributed by atoms with Gasteiger partial charge in [0.05, 0.1) is 9.79 Å².